The number of hydrogen-bond acceptors (Lipinski definition) is 8. The lowest BCUT2D eigenvalue weighted by Crippen LogP contribution is -2.30. The molecule has 0 radical (unpaired) electrons. The Bertz CT molecular complexity index is 1560. The molecule has 1 aliphatic heterocycles. The number of ether oxygens (including phenoxy) is 4. The zero-order valence-corrected chi connectivity index (χ0v) is 21.9. The summed E-state index contributed by atoms with van der Waals surface area (Å²) in [5, 5.41) is 11.8. The number of aliphatic hydroxyl groups is 1. The van der Waals surface area contributed by atoms with Gasteiger partial charge in [0, 0.05) is 11.9 Å². The van der Waals surface area contributed by atoms with Crippen molar-refractivity contribution in [2.45, 2.75) is 12.6 Å². The molecule has 2 heterocycles. The highest BCUT2D eigenvalue weighted by Gasteiger charge is 2.45. The van der Waals surface area contributed by atoms with Gasteiger partial charge >= 0.3 is 0 Å². The van der Waals surface area contributed by atoms with E-state index < -0.39 is 23.5 Å². The predicted octanol–water partition coefficient (Wildman–Crippen LogP) is 5.25. The van der Waals surface area contributed by atoms with E-state index in [1.165, 1.54) is 33.3 Å². The average molecular weight is 530 g/mol. The van der Waals surface area contributed by atoms with E-state index in [-0.39, 0.29) is 17.9 Å². The molecule has 1 atom stereocenters. The van der Waals surface area contributed by atoms with Gasteiger partial charge in [0.05, 0.1) is 40.1 Å². The number of carbonyl (C=O) groups is 2. The predicted molar refractivity (Wildman–Crippen MR) is 143 cm³/mol. The third-order valence-corrected chi connectivity index (χ3v) is 6.70. The number of Topliss-reactive ketones (excluding diaryl/α,β-unsaturated/α-hetero) is 1. The third kappa shape index (κ3) is 4.41. The number of methoxy groups -OCH3 is 4. The van der Waals surface area contributed by atoms with Crippen LogP contribution in [0.25, 0.3) is 11.0 Å². The topological polar surface area (TPSA) is 108 Å². The Hall–Kier alpha value is -4.92. The normalized spacial score (nSPS) is 15.1. The summed E-state index contributed by atoms with van der Waals surface area (Å²) >= 11 is 0. The summed E-state index contributed by atoms with van der Waals surface area (Å²) in [6.07, 6.45) is 0. The number of ketones is 1. The first kappa shape index (κ1) is 25.7. The van der Waals surface area contributed by atoms with Gasteiger partial charge in [0.15, 0.2) is 34.4 Å². The second-order valence-corrected chi connectivity index (χ2v) is 8.86. The van der Waals surface area contributed by atoms with E-state index in [9.17, 15) is 14.7 Å². The first-order chi connectivity index (χ1) is 18.9. The molecule has 4 aromatic rings. The molecule has 0 aliphatic carbocycles. The Morgan fingerprint density at radius 1 is 0.872 bits per heavy atom. The molecule has 9 nitrogen and oxygen atoms in total. The van der Waals surface area contributed by atoms with E-state index >= 15 is 0 Å². The molecular formula is C30H27NO8. The van der Waals surface area contributed by atoms with Crippen molar-refractivity contribution >= 4 is 22.7 Å². The van der Waals surface area contributed by atoms with Crippen molar-refractivity contribution in [3.8, 4) is 23.0 Å². The molecule has 200 valence electrons. The fourth-order valence-electron chi connectivity index (χ4n) is 4.88. The Labute approximate surface area is 224 Å². The number of benzene rings is 3. The Kier molecular flexibility index (Phi) is 6.89. The lowest BCUT2D eigenvalue weighted by atomic mass is 9.94. The Morgan fingerprint density at radius 3 is 2.15 bits per heavy atom. The fraction of sp³-hybridized carbons (Fsp3) is 0.200. The van der Waals surface area contributed by atoms with Gasteiger partial charge in [-0.3, -0.25) is 9.59 Å². The van der Waals surface area contributed by atoms with Gasteiger partial charge in [-0.25, -0.2) is 0 Å². The molecule has 1 amide bonds. The largest absolute Gasteiger partial charge is 0.503 e. The number of carbonyl (C=O) groups excluding carboxylic acids is 2. The monoisotopic (exact) mass is 529 g/mol. The number of rotatable bonds is 9. The maximum atomic E-state index is 14.0. The van der Waals surface area contributed by atoms with Crippen molar-refractivity contribution in [3.63, 3.8) is 0 Å². The summed E-state index contributed by atoms with van der Waals surface area (Å²) in [5.41, 5.74) is 1.56. The molecule has 0 spiro atoms. The molecule has 0 saturated heterocycles. The molecule has 0 bridgehead atoms. The number of furan rings is 1. The number of aliphatic hydroxyl groups excluding tert-OH is 1. The van der Waals surface area contributed by atoms with Gasteiger partial charge in [0.1, 0.15) is 0 Å². The quantitative estimate of drug-likeness (QED) is 0.293. The molecule has 1 aliphatic rings. The summed E-state index contributed by atoms with van der Waals surface area (Å²) in [6.45, 7) is 0.135. The van der Waals surface area contributed by atoms with Gasteiger partial charge in [-0.1, -0.05) is 42.5 Å². The van der Waals surface area contributed by atoms with Crippen molar-refractivity contribution in [2.24, 2.45) is 0 Å². The summed E-state index contributed by atoms with van der Waals surface area (Å²) in [6, 6.07) is 18.5. The van der Waals surface area contributed by atoms with E-state index in [1.807, 2.05) is 30.3 Å². The maximum absolute atomic E-state index is 14.0. The second-order valence-electron chi connectivity index (χ2n) is 8.86. The molecular weight excluding hydrogens is 502 g/mol. The van der Waals surface area contributed by atoms with Crippen molar-refractivity contribution in [2.75, 3.05) is 28.4 Å². The highest BCUT2D eigenvalue weighted by Crippen LogP contribution is 2.46. The average Bonchev–Trinajstić information content (AvgIpc) is 3.51. The van der Waals surface area contributed by atoms with Crippen molar-refractivity contribution < 1.29 is 38.1 Å². The van der Waals surface area contributed by atoms with Crippen LogP contribution in [0.15, 0.2) is 82.5 Å². The van der Waals surface area contributed by atoms with Gasteiger partial charge in [-0.05, 0) is 35.4 Å². The van der Waals surface area contributed by atoms with Crippen LogP contribution in [0.2, 0.25) is 0 Å². The van der Waals surface area contributed by atoms with E-state index in [0.29, 0.717) is 39.5 Å². The number of amides is 1. The van der Waals surface area contributed by atoms with Crippen LogP contribution >= 0.6 is 0 Å². The summed E-state index contributed by atoms with van der Waals surface area (Å²) in [5.74, 6) is -0.517. The minimum atomic E-state index is -0.978. The molecule has 0 saturated carbocycles. The van der Waals surface area contributed by atoms with Crippen LogP contribution in [-0.2, 0) is 11.3 Å². The number of nitrogens with zero attached hydrogens (tertiary/aromatic N) is 1. The minimum absolute atomic E-state index is 0.0390. The molecule has 1 N–H and O–H groups in total. The maximum Gasteiger partial charge on any atom is 0.290 e. The fourth-order valence-corrected chi connectivity index (χ4v) is 4.88. The highest BCUT2D eigenvalue weighted by atomic mass is 16.5. The molecule has 5 rings (SSSR count). The summed E-state index contributed by atoms with van der Waals surface area (Å²) < 4.78 is 27.8. The van der Waals surface area contributed by atoms with Crippen LogP contribution in [0, 0.1) is 0 Å². The Balaban J connectivity index is 1.67. The van der Waals surface area contributed by atoms with Gasteiger partial charge in [-0.2, -0.15) is 0 Å². The lowest BCUT2D eigenvalue weighted by molar-refractivity contribution is -0.130. The van der Waals surface area contributed by atoms with E-state index in [1.54, 1.807) is 36.4 Å². The minimum Gasteiger partial charge on any atom is -0.503 e. The Morgan fingerprint density at radius 2 is 1.54 bits per heavy atom. The second kappa shape index (κ2) is 10.4. The smallest absolute Gasteiger partial charge is 0.290 e. The van der Waals surface area contributed by atoms with Gasteiger partial charge in [-0.15, -0.1) is 0 Å². The van der Waals surface area contributed by atoms with E-state index in [4.69, 9.17) is 23.4 Å². The third-order valence-electron chi connectivity index (χ3n) is 6.70. The summed E-state index contributed by atoms with van der Waals surface area (Å²) in [4.78, 5) is 28.9. The lowest BCUT2D eigenvalue weighted by Gasteiger charge is -2.28. The highest BCUT2D eigenvalue weighted by molar-refractivity contribution is 6.16. The van der Waals surface area contributed by atoms with Crippen LogP contribution in [0.4, 0.5) is 0 Å². The SMILES string of the molecule is COc1cc(C2C(C(=O)c3cc4cccc(OC)c4o3)=C(O)C(=O)N2Cc2ccccc2)cc(OC)c1OC. The van der Waals surface area contributed by atoms with Crippen LogP contribution in [0.1, 0.15) is 27.7 Å². The van der Waals surface area contributed by atoms with Crippen molar-refractivity contribution in [3.05, 3.63) is 94.9 Å². The first-order valence-corrected chi connectivity index (χ1v) is 12.1. The zero-order valence-electron chi connectivity index (χ0n) is 21.9. The van der Waals surface area contributed by atoms with Gasteiger partial charge in [0.2, 0.25) is 11.5 Å². The van der Waals surface area contributed by atoms with Crippen molar-refractivity contribution in [1.29, 1.82) is 0 Å². The molecule has 9 heteroatoms. The van der Waals surface area contributed by atoms with Crippen LogP contribution < -0.4 is 18.9 Å². The van der Waals surface area contributed by atoms with Crippen molar-refractivity contribution in [1.82, 2.24) is 4.90 Å². The molecule has 1 aromatic heterocycles. The standard InChI is InChI=1S/C30H27NO8/c1-35-20-12-8-11-18-13-21(39-28(18)20)26(32)24-25(19-14-22(36-2)29(38-4)23(15-19)37-3)31(30(34)27(24)33)16-17-9-6-5-7-10-17/h5-15,25,33H,16H2,1-4H3. The van der Waals surface area contributed by atoms with Crippen LogP contribution in [0.3, 0.4) is 0 Å². The van der Waals surface area contributed by atoms with E-state index in [0.717, 1.165) is 5.56 Å². The zero-order chi connectivity index (χ0) is 27.7. The van der Waals surface area contributed by atoms with Crippen LogP contribution in [-0.4, -0.2) is 50.1 Å². The number of hydrogen-bond donors (Lipinski definition) is 1. The van der Waals surface area contributed by atoms with Gasteiger partial charge in [0.25, 0.3) is 5.91 Å². The molecule has 39 heavy (non-hydrogen) atoms. The first-order valence-electron chi connectivity index (χ1n) is 12.1. The molecule has 1 unspecified atom stereocenters. The molecule has 3 aromatic carbocycles. The van der Waals surface area contributed by atoms with E-state index in [2.05, 4.69) is 0 Å². The van der Waals surface area contributed by atoms with Crippen LogP contribution in [0.5, 0.6) is 23.0 Å². The number of para-hydroxylation sites is 1. The van der Waals surface area contributed by atoms with Gasteiger partial charge < -0.3 is 33.4 Å². The molecule has 0 fully saturated rings. The number of fused-ring (bicyclic) bond motifs is 1. The summed E-state index contributed by atoms with van der Waals surface area (Å²) in [7, 11) is 5.94.